The second kappa shape index (κ2) is 7.24. The monoisotopic (exact) mass is 329 g/mol. The highest BCUT2D eigenvalue weighted by atomic mass is 16.2. The fourth-order valence-electron chi connectivity index (χ4n) is 3.88. The van der Waals surface area contributed by atoms with Gasteiger partial charge in [0.1, 0.15) is 0 Å². The van der Waals surface area contributed by atoms with E-state index in [2.05, 4.69) is 5.32 Å². The van der Waals surface area contributed by atoms with Crippen molar-refractivity contribution < 1.29 is 9.59 Å². The van der Waals surface area contributed by atoms with Gasteiger partial charge in [0.2, 0.25) is 11.8 Å². The van der Waals surface area contributed by atoms with Crippen LogP contribution < -0.4 is 16.0 Å². The van der Waals surface area contributed by atoms with Crippen LogP contribution in [0.4, 0.5) is 11.4 Å². The highest BCUT2D eigenvalue weighted by Gasteiger charge is 2.27. The summed E-state index contributed by atoms with van der Waals surface area (Å²) in [5.74, 6) is 0.301. The van der Waals surface area contributed by atoms with E-state index in [1.54, 1.807) is 0 Å². The third-order valence-corrected chi connectivity index (χ3v) is 5.18. The van der Waals surface area contributed by atoms with E-state index in [9.17, 15) is 9.59 Å². The molecule has 1 heterocycles. The lowest BCUT2D eigenvalue weighted by molar-refractivity contribution is -0.125. The topological polar surface area (TPSA) is 75.4 Å². The van der Waals surface area contributed by atoms with E-state index in [-0.39, 0.29) is 23.8 Å². The molecule has 0 spiro atoms. The summed E-state index contributed by atoms with van der Waals surface area (Å²) in [6.07, 6.45) is 6.40. The summed E-state index contributed by atoms with van der Waals surface area (Å²) >= 11 is 0. The fourth-order valence-corrected chi connectivity index (χ4v) is 3.88. The van der Waals surface area contributed by atoms with E-state index in [0.717, 1.165) is 62.0 Å². The summed E-state index contributed by atoms with van der Waals surface area (Å²) in [7, 11) is 0. The van der Waals surface area contributed by atoms with Gasteiger partial charge in [-0.25, -0.2) is 0 Å². The Morgan fingerprint density at radius 2 is 2.04 bits per heavy atom. The van der Waals surface area contributed by atoms with Gasteiger partial charge in [-0.1, -0.05) is 18.9 Å². The second-order valence-corrected chi connectivity index (χ2v) is 7.09. The van der Waals surface area contributed by atoms with Crippen molar-refractivity contribution in [1.82, 2.24) is 5.32 Å². The first-order valence-corrected chi connectivity index (χ1v) is 9.04. The van der Waals surface area contributed by atoms with Gasteiger partial charge in [-0.05, 0) is 50.3 Å². The minimum absolute atomic E-state index is 0.0563. The average Bonchev–Trinajstić information content (AvgIpc) is 3.09. The van der Waals surface area contributed by atoms with Crippen LogP contribution in [0.15, 0.2) is 18.2 Å². The maximum Gasteiger partial charge on any atom is 0.229 e. The van der Waals surface area contributed by atoms with Crippen LogP contribution in [0.3, 0.4) is 0 Å². The molecule has 1 fully saturated rings. The Bertz CT molecular complexity index is 623. The predicted molar refractivity (Wildman–Crippen MR) is 95.7 cm³/mol. The first-order chi connectivity index (χ1) is 11.6. The summed E-state index contributed by atoms with van der Waals surface area (Å²) in [4.78, 5) is 26.7. The van der Waals surface area contributed by atoms with Crippen molar-refractivity contribution in [3.05, 3.63) is 23.8 Å². The maximum atomic E-state index is 12.7. The number of hydrogen-bond donors (Lipinski definition) is 2. The molecule has 0 saturated heterocycles. The zero-order valence-corrected chi connectivity index (χ0v) is 14.4. The standard InChI is InChI=1S/C19H27N3O2/c1-13(21-19(24)14-6-2-3-7-14)12-18(23)22-11-5-8-15-16(20)9-4-10-17(15)22/h4,9-10,13-14H,2-3,5-8,11-12,20H2,1H3,(H,21,24). The van der Waals surface area contributed by atoms with Crippen molar-refractivity contribution in [1.29, 1.82) is 0 Å². The second-order valence-electron chi connectivity index (χ2n) is 7.09. The van der Waals surface area contributed by atoms with Crippen molar-refractivity contribution in [2.24, 2.45) is 5.92 Å². The summed E-state index contributed by atoms with van der Waals surface area (Å²) in [6.45, 7) is 2.63. The molecule has 24 heavy (non-hydrogen) atoms. The molecule has 1 aliphatic heterocycles. The molecule has 1 saturated carbocycles. The molecule has 5 heteroatoms. The first-order valence-electron chi connectivity index (χ1n) is 9.04. The minimum atomic E-state index is -0.142. The number of nitrogens with one attached hydrogen (secondary N) is 1. The van der Waals surface area contributed by atoms with E-state index in [1.165, 1.54) is 0 Å². The van der Waals surface area contributed by atoms with Crippen LogP contribution in [0.2, 0.25) is 0 Å². The third kappa shape index (κ3) is 3.55. The van der Waals surface area contributed by atoms with Gasteiger partial charge in [-0.3, -0.25) is 9.59 Å². The molecular formula is C19H27N3O2. The van der Waals surface area contributed by atoms with Crippen molar-refractivity contribution in [2.75, 3.05) is 17.2 Å². The molecule has 0 aromatic heterocycles. The smallest absolute Gasteiger partial charge is 0.229 e. The zero-order valence-electron chi connectivity index (χ0n) is 14.4. The number of carbonyl (C=O) groups excluding carboxylic acids is 2. The maximum absolute atomic E-state index is 12.7. The van der Waals surface area contributed by atoms with Gasteiger partial charge in [-0.2, -0.15) is 0 Å². The van der Waals surface area contributed by atoms with Crippen LogP contribution in [-0.2, 0) is 16.0 Å². The van der Waals surface area contributed by atoms with E-state index in [1.807, 2.05) is 30.0 Å². The number of benzene rings is 1. The van der Waals surface area contributed by atoms with Crippen LogP contribution in [0.1, 0.15) is 51.0 Å². The van der Waals surface area contributed by atoms with E-state index in [0.29, 0.717) is 6.42 Å². The normalized spacial score (nSPS) is 19.0. The molecule has 1 aromatic carbocycles. The fraction of sp³-hybridized carbons (Fsp3) is 0.579. The lowest BCUT2D eigenvalue weighted by Crippen LogP contribution is -2.42. The molecule has 3 N–H and O–H groups in total. The number of hydrogen-bond acceptors (Lipinski definition) is 3. The first kappa shape index (κ1) is 16.8. The van der Waals surface area contributed by atoms with Gasteiger partial charge in [-0.15, -0.1) is 0 Å². The Kier molecular flexibility index (Phi) is 5.07. The number of rotatable bonds is 4. The van der Waals surface area contributed by atoms with Gasteiger partial charge in [0, 0.05) is 36.3 Å². The molecule has 2 aliphatic rings. The summed E-state index contributed by atoms with van der Waals surface area (Å²) in [5, 5.41) is 3.02. The van der Waals surface area contributed by atoms with Gasteiger partial charge >= 0.3 is 0 Å². The lowest BCUT2D eigenvalue weighted by atomic mass is 9.99. The van der Waals surface area contributed by atoms with Gasteiger partial charge in [0.15, 0.2) is 0 Å². The van der Waals surface area contributed by atoms with Crippen LogP contribution in [0.5, 0.6) is 0 Å². The predicted octanol–water partition coefficient (Wildman–Crippen LogP) is 2.63. The SMILES string of the molecule is CC(CC(=O)N1CCCc2c(N)cccc21)NC(=O)C1CCCC1. The van der Waals surface area contributed by atoms with Crippen molar-refractivity contribution in [2.45, 2.75) is 57.9 Å². The number of amides is 2. The largest absolute Gasteiger partial charge is 0.398 e. The summed E-state index contributed by atoms with van der Waals surface area (Å²) < 4.78 is 0. The molecule has 3 rings (SSSR count). The third-order valence-electron chi connectivity index (χ3n) is 5.18. The van der Waals surface area contributed by atoms with Crippen LogP contribution in [0.25, 0.3) is 0 Å². The van der Waals surface area contributed by atoms with Crippen molar-refractivity contribution in [3.8, 4) is 0 Å². The molecule has 1 aliphatic carbocycles. The Hall–Kier alpha value is -2.04. The molecule has 5 nitrogen and oxygen atoms in total. The lowest BCUT2D eigenvalue weighted by Gasteiger charge is -2.31. The van der Waals surface area contributed by atoms with Gasteiger partial charge in [0.05, 0.1) is 0 Å². The molecule has 1 unspecified atom stereocenters. The van der Waals surface area contributed by atoms with E-state index < -0.39 is 0 Å². The number of nitrogen functional groups attached to an aromatic ring is 1. The highest BCUT2D eigenvalue weighted by molar-refractivity contribution is 5.96. The quantitative estimate of drug-likeness (QED) is 0.834. The van der Waals surface area contributed by atoms with Crippen LogP contribution in [0, 0.1) is 5.92 Å². The van der Waals surface area contributed by atoms with E-state index in [4.69, 9.17) is 5.73 Å². The van der Waals surface area contributed by atoms with Crippen molar-refractivity contribution in [3.63, 3.8) is 0 Å². The Labute approximate surface area is 143 Å². The average molecular weight is 329 g/mol. The number of fused-ring (bicyclic) bond motifs is 1. The van der Waals surface area contributed by atoms with Gasteiger partial charge in [0.25, 0.3) is 0 Å². The molecule has 1 aromatic rings. The van der Waals surface area contributed by atoms with Gasteiger partial charge < -0.3 is 16.0 Å². The molecule has 130 valence electrons. The van der Waals surface area contributed by atoms with Crippen molar-refractivity contribution >= 4 is 23.2 Å². The van der Waals surface area contributed by atoms with Crippen LogP contribution in [-0.4, -0.2) is 24.4 Å². The Morgan fingerprint density at radius 1 is 1.29 bits per heavy atom. The van der Waals surface area contributed by atoms with Crippen LogP contribution >= 0.6 is 0 Å². The Balaban J connectivity index is 1.61. The molecule has 0 radical (unpaired) electrons. The molecule has 0 bridgehead atoms. The number of nitrogens with zero attached hydrogens (tertiary/aromatic N) is 1. The van der Waals surface area contributed by atoms with E-state index >= 15 is 0 Å². The zero-order chi connectivity index (χ0) is 17.1. The molecule has 2 amide bonds. The number of nitrogens with two attached hydrogens (primary N) is 1. The Morgan fingerprint density at radius 3 is 2.79 bits per heavy atom. The number of anilines is 2. The number of carbonyl (C=O) groups is 2. The molecule has 1 atom stereocenters. The highest BCUT2D eigenvalue weighted by Crippen LogP contribution is 2.31. The molecular weight excluding hydrogens is 302 g/mol. The minimum Gasteiger partial charge on any atom is -0.398 e. The summed E-state index contributed by atoms with van der Waals surface area (Å²) in [5.41, 5.74) is 8.80. The summed E-state index contributed by atoms with van der Waals surface area (Å²) in [6, 6.07) is 5.60.